The van der Waals surface area contributed by atoms with Gasteiger partial charge < -0.3 is 10.1 Å². The van der Waals surface area contributed by atoms with Crippen LogP contribution in [0.5, 0.6) is 5.75 Å². The third-order valence-corrected chi connectivity index (χ3v) is 3.94. The number of methoxy groups -OCH3 is 1. The lowest BCUT2D eigenvalue weighted by Gasteiger charge is -2.17. The van der Waals surface area contributed by atoms with Crippen LogP contribution >= 0.6 is 15.9 Å². The van der Waals surface area contributed by atoms with Crippen molar-refractivity contribution >= 4 is 34.1 Å². The molecule has 1 aliphatic rings. The zero-order chi connectivity index (χ0) is 15.6. The first-order valence-electron chi connectivity index (χ1n) is 6.45. The van der Waals surface area contributed by atoms with E-state index in [4.69, 9.17) is 4.74 Å². The Kier molecular flexibility index (Phi) is 4.32. The molecule has 1 fully saturated rings. The zero-order valence-electron chi connectivity index (χ0n) is 12.0. The fourth-order valence-corrected chi connectivity index (χ4v) is 2.32. The van der Waals surface area contributed by atoms with Crippen LogP contribution in [0, 0.1) is 0 Å². The molecule has 0 radical (unpaired) electrons. The third-order valence-electron chi connectivity index (χ3n) is 3.45. The van der Waals surface area contributed by atoms with Gasteiger partial charge in [0.2, 0.25) is 0 Å². The smallest absolute Gasteiger partial charge is 0.346 e. The lowest BCUT2D eigenvalue weighted by Crippen LogP contribution is -2.42. The maximum absolute atomic E-state index is 12.2. The van der Waals surface area contributed by atoms with E-state index in [1.165, 1.54) is 6.21 Å². The molecular formula is C14H16BrN3O3. The van der Waals surface area contributed by atoms with Crippen LogP contribution in [0.3, 0.4) is 0 Å². The molecule has 6 nitrogen and oxygen atoms in total. The molecule has 21 heavy (non-hydrogen) atoms. The van der Waals surface area contributed by atoms with Gasteiger partial charge in [-0.2, -0.15) is 5.10 Å². The molecule has 0 saturated carbocycles. The van der Waals surface area contributed by atoms with E-state index in [9.17, 15) is 9.59 Å². The number of ether oxygens (including phenoxy) is 1. The average molecular weight is 354 g/mol. The highest BCUT2D eigenvalue weighted by Gasteiger charge is 2.46. The van der Waals surface area contributed by atoms with Gasteiger partial charge in [0.1, 0.15) is 11.3 Å². The largest absolute Gasteiger partial charge is 0.496 e. The lowest BCUT2D eigenvalue weighted by molar-refractivity contribution is -0.130. The molecule has 112 valence electrons. The second-order valence-corrected chi connectivity index (χ2v) is 5.78. The topological polar surface area (TPSA) is 71.0 Å². The van der Waals surface area contributed by atoms with Gasteiger partial charge in [0.15, 0.2) is 0 Å². The molecule has 3 amide bonds. The Morgan fingerprint density at radius 2 is 2.19 bits per heavy atom. The number of carbonyl (C=O) groups excluding carboxylic acids is 2. The van der Waals surface area contributed by atoms with Crippen molar-refractivity contribution in [2.24, 2.45) is 5.10 Å². The number of halogens is 1. The van der Waals surface area contributed by atoms with Crippen molar-refractivity contribution in [1.82, 2.24) is 10.3 Å². The summed E-state index contributed by atoms with van der Waals surface area (Å²) in [5.74, 6) is 0.243. The third kappa shape index (κ3) is 2.92. The van der Waals surface area contributed by atoms with E-state index < -0.39 is 11.6 Å². The SMILES string of the molecule is CC[C@@]1(C)NC(=O)N(/N=C\c2cc(Br)ccc2OC)C1=O. The number of urea groups is 1. The molecule has 1 aromatic rings. The summed E-state index contributed by atoms with van der Waals surface area (Å²) in [6.07, 6.45) is 1.94. The minimum absolute atomic E-state index is 0.361. The molecule has 1 aromatic carbocycles. The summed E-state index contributed by atoms with van der Waals surface area (Å²) in [6, 6.07) is 4.88. The van der Waals surface area contributed by atoms with Crippen LogP contribution in [0.15, 0.2) is 27.8 Å². The average Bonchev–Trinajstić information content (AvgIpc) is 2.68. The summed E-state index contributed by atoms with van der Waals surface area (Å²) < 4.78 is 6.06. The molecule has 1 aliphatic heterocycles. The number of imide groups is 1. The molecule has 7 heteroatoms. The molecule has 1 atom stereocenters. The normalized spacial score (nSPS) is 22.0. The summed E-state index contributed by atoms with van der Waals surface area (Å²) in [7, 11) is 1.54. The first-order valence-corrected chi connectivity index (χ1v) is 7.25. The van der Waals surface area contributed by atoms with Crippen molar-refractivity contribution in [1.29, 1.82) is 0 Å². The number of rotatable bonds is 4. The Hall–Kier alpha value is -1.89. The molecule has 1 N–H and O–H groups in total. The second-order valence-electron chi connectivity index (χ2n) is 4.86. The van der Waals surface area contributed by atoms with Crippen molar-refractivity contribution in [2.45, 2.75) is 25.8 Å². The van der Waals surface area contributed by atoms with E-state index in [1.54, 1.807) is 26.2 Å². The number of hydrazone groups is 1. The number of nitrogens with zero attached hydrogens (tertiary/aromatic N) is 2. The number of carbonyl (C=O) groups is 2. The second kappa shape index (κ2) is 5.85. The molecule has 2 rings (SSSR count). The fourth-order valence-electron chi connectivity index (χ4n) is 1.94. The van der Waals surface area contributed by atoms with E-state index in [2.05, 4.69) is 26.3 Å². The van der Waals surface area contributed by atoms with Crippen LogP contribution in [-0.2, 0) is 4.79 Å². The van der Waals surface area contributed by atoms with E-state index in [-0.39, 0.29) is 5.91 Å². The first-order chi connectivity index (χ1) is 9.91. The highest BCUT2D eigenvalue weighted by atomic mass is 79.9. The Bertz CT molecular complexity index is 617. The molecule has 0 spiro atoms. The fraction of sp³-hybridized carbons (Fsp3) is 0.357. The first kappa shape index (κ1) is 15.5. The number of benzene rings is 1. The van der Waals surface area contributed by atoms with Crippen molar-refractivity contribution in [3.8, 4) is 5.75 Å². The Balaban J connectivity index is 2.28. The maximum atomic E-state index is 12.2. The summed E-state index contributed by atoms with van der Waals surface area (Å²) in [5.41, 5.74) is -0.229. The number of hydrogen-bond donors (Lipinski definition) is 1. The van der Waals surface area contributed by atoms with Gasteiger partial charge in [0, 0.05) is 10.0 Å². The lowest BCUT2D eigenvalue weighted by atomic mass is 10.00. The zero-order valence-corrected chi connectivity index (χ0v) is 13.6. The number of amides is 3. The van der Waals surface area contributed by atoms with Gasteiger partial charge >= 0.3 is 6.03 Å². The minimum atomic E-state index is -0.893. The Morgan fingerprint density at radius 1 is 1.48 bits per heavy atom. The van der Waals surface area contributed by atoms with Crippen LogP contribution in [-0.4, -0.2) is 35.8 Å². The van der Waals surface area contributed by atoms with Gasteiger partial charge in [-0.3, -0.25) is 4.79 Å². The summed E-state index contributed by atoms with van der Waals surface area (Å²) in [4.78, 5) is 24.0. The van der Waals surface area contributed by atoms with Gasteiger partial charge in [-0.1, -0.05) is 22.9 Å². The van der Waals surface area contributed by atoms with Crippen LogP contribution in [0.1, 0.15) is 25.8 Å². The van der Waals surface area contributed by atoms with Crippen molar-refractivity contribution in [3.05, 3.63) is 28.2 Å². The number of hydrogen-bond acceptors (Lipinski definition) is 4. The van der Waals surface area contributed by atoms with Crippen LogP contribution < -0.4 is 10.1 Å². The van der Waals surface area contributed by atoms with Gasteiger partial charge in [0.05, 0.1) is 13.3 Å². The maximum Gasteiger partial charge on any atom is 0.346 e. The van der Waals surface area contributed by atoms with Gasteiger partial charge in [-0.15, -0.1) is 5.01 Å². The van der Waals surface area contributed by atoms with E-state index in [0.29, 0.717) is 17.7 Å². The van der Waals surface area contributed by atoms with Crippen molar-refractivity contribution in [3.63, 3.8) is 0 Å². The Labute approximate surface area is 131 Å². The van der Waals surface area contributed by atoms with Crippen molar-refractivity contribution < 1.29 is 14.3 Å². The van der Waals surface area contributed by atoms with Crippen LogP contribution in [0.4, 0.5) is 4.79 Å². The van der Waals surface area contributed by atoms with Crippen LogP contribution in [0.2, 0.25) is 0 Å². The summed E-state index contributed by atoms with van der Waals surface area (Å²) >= 11 is 3.35. The number of nitrogens with one attached hydrogen (secondary N) is 1. The molecular weight excluding hydrogens is 338 g/mol. The van der Waals surface area contributed by atoms with E-state index in [0.717, 1.165) is 9.48 Å². The quantitative estimate of drug-likeness (QED) is 0.667. The predicted molar refractivity (Wildman–Crippen MR) is 82.4 cm³/mol. The standard InChI is InChI=1S/C14H16BrN3O3/c1-4-14(2)12(19)18(13(20)17-14)16-8-9-7-10(15)5-6-11(9)21-3/h5-8H,4H2,1-3H3,(H,17,20)/b16-8-/t14-/m1/s1. The van der Waals surface area contributed by atoms with E-state index in [1.807, 2.05) is 13.0 Å². The van der Waals surface area contributed by atoms with E-state index >= 15 is 0 Å². The highest BCUT2D eigenvalue weighted by molar-refractivity contribution is 9.10. The molecule has 0 unspecified atom stereocenters. The minimum Gasteiger partial charge on any atom is -0.496 e. The molecule has 0 aromatic heterocycles. The molecule has 0 bridgehead atoms. The predicted octanol–water partition coefficient (Wildman–Crippen LogP) is 2.51. The monoisotopic (exact) mass is 353 g/mol. The van der Waals surface area contributed by atoms with Crippen LogP contribution in [0.25, 0.3) is 0 Å². The molecule has 1 saturated heterocycles. The summed E-state index contributed by atoms with van der Waals surface area (Å²) in [6.45, 7) is 3.52. The summed E-state index contributed by atoms with van der Waals surface area (Å²) in [5, 5.41) is 7.48. The van der Waals surface area contributed by atoms with Gasteiger partial charge in [-0.05, 0) is 31.5 Å². The van der Waals surface area contributed by atoms with Crippen molar-refractivity contribution in [2.75, 3.05) is 7.11 Å². The highest BCUT2D eigenvalue weighted by Crippen LogP contribution is 2.23. The molecule has 1 heterocycles. The van der Waals surface area contributed by atoms with Gasteiger partial charge in [0.25, 0.3) is 5.91 Å². The Morgan fingerprint density at radius 3 is 2.76 bits per heavy atom. The van der Waals surface area contributed by atoms with Gasteiger partial charge in [-0.25, -0.2) is 4.79 Å². The molecule has 0 aliphatic carbocycles.